The van der Waals surface area contributed by atoms with E-state index in [0.29, 0.717) is 12.7 Å². The molecular formula is C8H5I3NNaO2. The zero-order valence-corrected chi connectivity index (χ0v) is 16.5. The Morgan fingerprint density at radius 2 is 1.87 bits per heavy atom. The first kappa shape index (κ1) is 16.7. The van der Waals surface area contributed by atoms with Crippen molar-refractivity contribution in [2.45, 2.75) is 0 Å². The van der Waals surface area contributed by atoms with Gasteiger partial charge in [-0.15, -0.1) is 0 Å². The standard InChI is InChI=1S/C8H6I3NO2.Na/c1-12-8(14)5-3(9)2-4(10)7(13)6(5)11;/h2,13H,1H3,(H,12,14);/q;+1/p-1. The van der Waals surface area contributed by atoms with Crippen molar-refractivity contribution in [2.24, 2.45) is 0 Å². The number of carbonyl (C=O) groups is 1. The molecule has 3 nitrogen and oxygen atoms in total. The first-order chi connectivity index (χ1) is 6.49. The molecule has 76 valence electrons. The molecule has 0 fully saturated rings. The van der Waals surface area contributed by atoms with Crippen molar-refractivity contribution in [3.05, 3.63) is 22.3 Å². The molecule has 1 amide bonds. The maximum atomic E-state index is 11.6. The van der Waals surface area contributed by atoms with Gasteiger partial charge in [-0.1, -0.05) is 5.75 Å². The normalized spacial score (nSPS) is 9.33. The maximum Gasteiger partial charge on any atom is 1.00 e. The van der Waals surface area contributed by atoms with Crippen LogP contribution in [-0.4, -0.2) is 13.0 Å². The van der Waals surface area contributed by atoms with Gasteiger partial charge in [-0.3, -0.25) is 4.79 Å². The molecule has 0 aliphatic carbocycles. The molecule has 0 spiro atoms. The van der Waals surface area contributed by atoms with Gasteiger partial charge in [-0.25, -0.2) is 0 Å². The largest absolute Gasteiger partial charge is 1.00 e. The van der Waals surface area contributed by atoms with E-state index in [-0.39, 0.29) is 41.2 Å². The molecule has 0 saturated carbocycles. The summed E-state index contributed by atoms with van der Waals surface area (Å²) in [6, 6.07) is 1.72. The molecule has 15 heavy (non-hydrogen) atoms. The zero-order valence-electron chi connectivity index (χ0n) is 8.03. The number of rotatable bonds is 1. The van der Waals surface area contributed by atoms with E-state index < -0.39 is 0 Å². The van der Waals surface area contributed by atoms with E-state index in [1.54, 1.807) is 13.1 Å². The van der Waals surface area contributed by atoms with Crippen LogP contribution in [0.5, 0.6) is 5.75 Å². The summed E-state index contributed by atoms with van der Waals surface area (Å²) in [5.41, 5.74) is 0.471. The van der Waals surface area contributed by atoms with E-state index >= 15 is 0 Å². The molecule has 0 unspecified atom stereocenters. The molecule has 1 aromatic carbocycles. The average Bonchev–Trinajstić information content (AvgIpc) is 2.14. The Hall–Kier alpha value is 1.68. The SMILES string of the molecule is CNC(=O)c1c(I)cc(I)c([O-])c1I.[Na+]. The molecule has 1 rings (SSSR count). The van der Waals surface area contributed by atoms with Crippen LogP contribution in [0.2, 0.25) is 0 Å². The van der Waals surface area contributed by atoms with Crippen LogP contribution in [0.25, 0.3) is 0 Å². The smallest absolute Gasteiger partial charge is 0.871 e. The molecule has 0 aliphatic rings. The number of amides is 1. The second-order valence-electron chi connectivity index (χ2n) is 2.44. The number of carbonyl (C=O) groups excluding carboxylic acids is 1. The van der Waals surface area contributed by atoms with Crippen molar-refractivity contribution in [1.82, 2.24) is 5.32 Å². The number of benzene rings is 1. The summed E-state index contributed by atoms with van der Waals surface area (Å²) in [7, 11) is 1.55. The number of halogens is 3. The summed E-state index contributed by atoms with van der Waals surface area (Å²) in [6.45, 7) is 0. The second-order valence-corrected chi connectivity index (χ2v) is 5.84. The molecule has 0 radical (unpaired) electrons. The zero-order chi connectivity index (χ0) is 10.9. The predicted octanol–water partition coefficient (Wildman–Crippen LogP) is -1.06. The van der Waals surface area contributed by atoms with Crippen LogP contribution >= 0.6 is 67.8 Å². The van der Waals surface area contributed by atoms with Crippen molar-refractivity contribution in [3.63, 3.8) is 0 Å². The van der Waals surface area contributed by atoms with Crippen molar-refractivity contribution in [3.8, 4) is 5.75 Å². The van der Waals surface area contributed by atoms with Crippen LogP contribution in [0, 0.1) is 10.7 Å². The van der Waals surface area contributed by atoms with E-state index in [0.717, 1.165) is 3.57 Å². The molecule has 1 N–H and O–H groups in total. The summed E-state index contributed by atoms with van der Waals surface area (Å²) in [5.74, 6) is -0.294. The topological polar surface area (TPSA) is 52.2 Å². The minimum atomic E-state index is -0.215. The monoisotopic (exact) mass is 551 g/mol. The van der Waals surface area contributed by atoms with Crippen LogP contribution in [-0.2, 0) is 0 Å². The van der Waals surface area contributed by atoms with Gasteiger partial charge >= 0.3 is 29.6 Å². The second kappa shape index (κ2) is 7.19. The quantitative estimate of drug-likeness (QED) is 0.358. The van der Waals surface area contributed by atoms with E-state index in [1.165, 1.54) is 0 Å². The molecule has 0 heterocycles. The Morgan fingerprint density at radius 1 is 1.33 bits per heavy atom. The third-order valence-electron chi connectivity index (χ3n) is 1.58. The Bertz CT molecular complexity index is 398. The molecule has 7 heteroatoms. The van der Waals surface area contributed by atoms with Crippen LogP contribution < -0.4 is 40.0 Å². The van der Waals surface area contributed by atoms with Crippen molar-refractivity contribution < 1.29 is 39.5 Å². The van der Waals surface area contributed by atoms with Gasteiger partial charge in [0.2, 0.25) is 0 Å². The van der Waals surface area contributed by atoms with Gasteiger partial charge in [-0.2, -0.15) is 0 Å². The first-order valence-corrected chi connectivity index (χ1v) is 6.79. The average molecular weight is 551 g/mol. The molecule has 0 aromatic heterocycles. The first-order valence-electron chi connectivity index (χ1n) is 3.55. The van der Waals surface area contributed by atoms with E-state index in [4.69, 9.17) is 0 Å². The minimum Gasteiger partial charge on any atom is -0.871 e. The van der Waals surface area contributed by atoms with Gasteiger partial charge in [0.05, 0.1) is 5.56 Å². The van der Waals surface area contributed by atoms with Crippen molar-refractivity contribution in [1.29, 1.82) is 0 Å². The minimum absolute atomic E-state index is 0. The Kier molecular flexibility index (Phi) is 7.99. The maximum absolute atomic E-state index is 11.6. The Morgan fingerprint density at radius 3 is 2.33 bits per heavy atom. The summed E-state index contributed by atoms with van der Waals surface area (Å²) >= 11 is 5.94. The molecule has 0 atom stereocenters. The third-order valence-corrected chi connectivity index (χ3v) is 4.26. The predicted molar refractivity (Wildman–Crippen MR) is 77.4 cm³/mol. The van der Waals surface area contributed by atoms with Gasteiger partial charge in [-0.05, 0) is 73.8 Å². The third kappa shape index (κ3) is 3.83. The summed E-state index contributed by atoms with van der Waals surface area (Å²) < 4.78 is 1.93. The number of nitrogens with one attached hydrogen (secondary N) is 1. The van der Waals surface area contributed by atoms with E-state index in [9.17, 15) is 9.90 Å². The van der Waals surface area contributed by atoms with Gasteiger partial charge < -0.3 is 10.4 Å². The van der Waals surface area contributed by atoms with E-state index in [1.807, 2.05) is 45.2 Å². The molecule has 0 bridgehead atoms. The van der Waals surface area contributed by atoms with Crippen LogP contribution in [0.3, 0.4) is 0 Å². The fraction of sp³-hybridized carbons (Fsp3) is 0.125. The van der Waals surface area contributed by atoms with Gasteiger partial charge in [0, 0.05) is 17.8 Å². The van der Waals surface area contributed by atoms with E-state index in [2.05, 4.69) is 27.9 Å². The Balaban J connectivity index is 0.00000196. The molecule has 1 aromatic rings. The van der Waals surface area contributed by atoms with Crippen molar-refractivity contribution in [2.75, 3.05) is 7.05 Å². The van der Waals surface area contributed by atoms with Gasteiger partial charge in [0.15, 0.2) is 0 Å². The van der Waals surface area contributed by atoms with Gasteiger partial charge in [0.1, 0.15) is 0 Å². The molecule has 0 saturated heterocycles. The fourth-order valence-electron chi connectivity index (χ4n) is 0.905. The van der Waals surface area contributed by atoms with Crippen LogP contribution in [0.1, 0.15) is 10.4 Å². The van der Waals surface area contributed by atoms with Crippen LogP contribution in [0.15, 0.2) is 6.07 Å². The summed E-state index contributed by atoms with van der Waals surface area (Å²) in [4.78, 5) is 11.5. The fourth-order valence-corrected chi connectivity index (χ4v) is 4.77. The number of hydrogen-bond acceptors (Lipinski definition) is 2. The van der Waals surface area contributed by atoms with Crippen LogP contribution in [0.4, 0.5) is 0 Å². The molecule has 0 aliphatic heterocycles. The van der Waals surface area contributed by atoms with Crippen molar-refractivity contribution >= 4 is 73.7 Å². The molecular weight excluding hydrogens is 546 g/mol. The number of hydrogen-bond donors (Lipinski definition) is 1. The van der Waals surface area contributed by atoms with Gasteiger partial charge in [0.25, 0.3) is 5.91 Å². The summed E-state index contributed by atoms with van der Waals surface area (Å²) in [6.07, 6.45) is 0. The Labute approximate surface area is 151 Å². The summed E-state index contributed by atoms with van der Waals surface area (Å²) in [5, 5.41) is 14.1.